The Kier molecular flexibility index (Phi) is 9.32. The van der Waals surface area contributed by atoms with Gasteiger partial charge in [0.15, 0.2) is 6.29 Å². The predicted octanol–water partition coefficient (Wildman–Crippen LogP) is 8.89. The van der Waals surface area contributed by atoms with E-state index in [1.54, 1.807) is 0 Å². The van der Waals surface area contributed by atoms with Crippen LogP contribution in [0.3, 0.4) is 0 Å². The largest absolute Gasteiger partial charge is 0.465 e. The van der Waals surface area contributed by atoms with Crippen LogP contribution < -0.4 is 4.74 Å². The first kappa shape index (κ1) is 24.6. The molecule has 0 bridgehead atoms. The molecule has 2 saturated carbocycles. The molecule has 0 spiro atoms. The van der Waals surface area contributed by atoms with E-state index in [0.717, 1.165) is 18.1 Å². The fourth-order valence-corrected chi connectivity index (χ4v) is 5.63. The fourth-order valence-electron chi connectivity index (χ4n) is 5.63. The molecule has 0 N–H and O–H groups in total. The zero-order valence-corrected chi connectivity index (χ0v) is 21.0. The van der Waals surface area contributed by atoms with E-state index in [2.05, 4.69) is 58.9 Å². The first-order valence-electron chi connectivity index (χ1n) is 13.2. The molecule has 2 fully saturated rings. The number of hydrogen-bond donors (Lipinski definition) is 0. The lowest BCUT2D eigenvalue weighted by molar-refractivity contribution is -0.138. The zero-order chi connectivity index (χ0) is 22.3. The van der Waals surface area contributed by atoms with Crippen LogP contribution in [0.25, 0.3) is 0 Å². The quantitative estimate of drug-likeness (QED) is 0.366. The molecule has 2 aliphatic carbocycles. The van der Waals surface area contributed by atoms with Crippen molar-refractivity contribution in [3.05, 3.63) is 29.8 Å². The zero-order valence-electron chi connectivity index (χ0n) is 21.0. The molecule has 0 aromatic heterocycles. The highest BCUT2D eigenvalue weighted by Gasteiger charge is 2.28. The van der Waals surface area contributed by atoms with E-state index in [9.17, 15) is 0 Å². The summed E-state index contributed by atoms with van der Waals surface area (Å²) in [5.74, 6) is 3.00. The van der Waals surface area contributed by atoms with Crippen LogP contribution in [-0.4, -0.2) is 12.4 Å². The van der Waals surface area contributed by atoms with E-state index in [1.165, 1.54) is 76.2 Å². The van der Waals surface area contributed by atoms with E-state index >= 15 is 0 Å². The van der Waals surface area contributed by atoms with Crippen molar-refractivity contribution in [1.82, 2.24) is 0 Å². The fraction of sp³-hybridized carbons (Fsp3) is 0.793. The second-order valence-electron chi connectivity index (χ2n) is 11.8. The number of ether oxygens (including phenoxy) is 2. The molecule has 0 amide bonds. The molecule has 2 atom stereocenters. The predicted molar refractivity (Wildman–Crippen MR) is 132 cm³/mol. The molecule has 2 heteroatoms. The minimum atomic E-state index is -0.0915. The summed E-state index contributed by atoms with van der Waals surface area (Å²) >= 11 is 0. The Balaban J connectivity index is 1.67. The Morgan fingerprint density at radius 1 is 0.839 bits per heavy atom. The van der Waals surface area contributed by atoms with E-state index in [0.29, 0.717) is 17.9 Å². The molecule has 2 aliphatic rings. The van der Waals surface area contributed by atoms with Gasteiger partial charge in [-0.2, -0.15) is 0 Å². The molecule has 0 aliphatic heterocycles. The van der Waals surface area contributed by atoms with Crippen LogP contribution >= 0.6 is 0 Å². The van der Waals surface area contributed by atoms with Crippen molar-refractivity contribution in [2.24, 2.45) is 17.3 Å². The highest BCUT2D eigenvalue weighted by atomic mass is 16.7. The summed E-state index contributed by atoms with van der Waals surface area (Å²) in [7, 11) is 0. The number of benzene rings is 1. The van der Waals surface area contributed by atoms with Gasteiger partial charge in [-0.05, 0) is 60.1 Å². The minimum Gasteiger partial charge on any atom is -0.465 e. The lowest BCUT2D eigenvalue weighted by Gasteiger charge is -2.33. The third kappa shape index (κ3) is 8.12. The Morgan fingerprint density at radius 3 is 1.97 bits per heavy atom. The third-order valence-corrected chi connectivity index (χ3v) is 7.45. The van der Waals surface area contributed by atoms with Crippen molar-refractivity contribution in [1.29, 1.82) is 0 Å². The monoisotopic (exact) mass is 428 g/mol. The van der Waals surface area contributed by atoms with Gasteiger partial charge in [0.1, 0.15) is 5.75 Å². The van der Waals surface area contributed by atoms with Crippen LogP contribution in [0.15, 0.2) is 24.3 Å². The molecule has 0 saturated heterocycles. The third-order valence-electron chi connectivity index (χ3n) is 7.45. The maximum atomic E-state index is 6.56. The summed E-state index contributed by atoms with van der Waals surface area (Å²) < 4.78 is 13.1. The summed E-state index contributed by atoms with van der Waals surface area (Å²) in [6.07, 6.45) is 15.8. The summed E-state index contributed by atoms with van der Waals surface area (Å²) in [6.45, 7) is 11.7. The van der Waals surface area contributed by atoms with Gasteiger partial charge in [0.25, 0.3) is 0 Å². The van der Waals surface area contributed by atoms with Crippen molar-refractivity contribution < 1.29 is 9.47 Å². The summed E-state index contributed by atoms with van der Waals surface area (Å²) in [4.78, 5) is 0. The highest BCUT2D eigenvalue weighted by Crippen LogP contribution is 2.40. The maximum absolute atomic E-state index is 6.56. The molecule has 1 aromatic carbocycles. The molecule has 2 nitrogen and oxygen atoms in total. The van der Waals surface area contributed by atoms with Gasteiger partial charge < -0.3 is 9.47 Å². The molecule has 0 radical (unpaired) electrons. The van der Waals surface area contributed by atoms with Gasteiger partial charge in [-0.3, -0.25) is 0 Å². The summed E-state index contributed by atoms with van der Waals surface area (Å²) in [5, 5.41) is 0. The average molecular weight is 429 g/mol. The van der Waals surface area contributed by atoms with Crippen molar-refractivity contribution in [3.8, 4) is 5.75 Å². The van der Waals surface area contributed by atoms with Crippen LogP contribution in [-0.2, 0) is 4.74 Å². The first-order chi connectivity index (χ1) is 14.8. The van der Waals surface area contributed by atoms with Crippen LogP contribution in [0.2, 0.25) is 0 Å². The average Bonchev–Trinajstić information content (AvgIpc) is 2.73. The van der Waals surface area contributed by atoms with Gasteiger partial charge in [-0.15, -0.1) is 0 Å². The van der Waals surface area contributed by atoms with Crippen LogP contribution in [0.5, 0.6) is 5.75 Å². The molecule has 31 heavy (non-hydrogen) atoms. The van der Waals surface area contributed by atoms with Gasteiger partial charge in [0.2, 0.25) is 0 Å². The Labute approximate surface area is 192 Å². The Hall–Kier alpha value is -1.02. The van der Waals surface area contributed by atoms with Crippen molar-refractivity contribution in [2.45, 2.75) is 130 Å². The molecule has 1 aromatic rings. The van der Waals surface area contributed by atoms with E-state index < -0.39 is 0 Å². The molecule has 0 heterocycles. The summed E-state index contributed by atoms with van der Waals surface area (Å²) in [5.41, 5.74) is 1.70. The van der Waals surface area contributed by atoms with E-state index in [4.69, 9.17) is 9.47 Å². The lowest BCUT2D eigenvalue weighted by atomic mass is 9.72. The van der Waals surface area contributed by atoms with Gasteiger partial charge in [-0.25, -0.2) is 0 Å². The van der Waals surface area contributed by atoms with E-state index in [1.807, 2.05) is 0 Å². The van der Waals surface area contributed by atoms with Crippen molar-refractivity contribution in [2.75, 3.05) is 0 Å². The normalized spacial score (nSPS) is 21.2. The minimum absolute atomic E-state index is 0.0915. The standard InChI is InChI=1S/C29H48O2/c1-22(2)20-27(29(3,4)5)24-16-18-26(19-17-24)31-28(21-23-12-8-6-9-13-23)30-25-14-10-7-11-15-25/h16-19,22-23,25,27-28H,6-15,20-21H2,1-5H3. The van der Waals surface area contributed by atoms with Gasteiger partial charge in [0.05, 0.1) is 6.10 Å². The Morgan fingerprint density at radius 2 is 1.42 bits per heavy atom. The van der Waals surface area contributed by atoms with Gasteiger partial charge in [-0.1, -0.05) is 98.1 Å². The van der Waals surface area contributed by atoms with Gasteiger partial charge in [0, 0.05) is 6.42 Å². The number of hydrogen-bond acceptors (Lipinski definition) is 2. The van der Waals surface area contributed by atoms with Crippen LogP contribution in [0, 0.1) is 17.3 Å². The van der Waals surface area contributed by atoms with Crippen LogP contribution in [0.4, 0.5) is 0 Å². The molecule has 2 unspecified atom stereocenters. The van der Waals surface area contributed by atoms with Crippen molar-refractivity contribution >= 4 is 0 Å². The smallest absolute Gasteiger partial charge is 0.200 e. The lowest BCUT2D eigenvalue weighted by Crippen LogP contribution is -2.31. The van der Waals surface area contributed by atoms with Crippen LogP contribution in [0.1, 0.15) is 123 Å². The highest BCUT2D eigenvalue weighted by molar-refractivity contribution is 5.30. The summed E-state index contributed by atoms with van der Waals surface area (Å²) in [6, 6.07) is 8.97. The van der Waals surface area contributed by atoms with Gasteiger partial charge >= 0.3 is 0 Å². The topological polar surface area (TPSA) is 18.5 Å². The molecule has 3 rings (SSSR count). The van der Waals surface area contributed by atoms with E-state index in [-0.39, 0.29) is 11.7 Å². The second kappa shape index (κ2) is 11.7. The van der Waals surface area contributed by atoms with Crippen molar-refractivity contribution in [3.63, 3.8) is 0 Å². The first-order valence-corrected chi connectivity index (χ1v) is 13.2. The SMILES string of the molecule is CC(C)CC(c1ccc(OC(CC2CCCCC2)OC2CCCCC2)cc1)C(C)(C)C. The molecular formula is C29H48O2. The Bertz CT molecular complexity index is 595. The second-order valence-corrected chi connectivity index (χ2v) is 11.8. The number of rotatable bonds is 9. The maximum Gasteiger partial charge on any atom is 0.200 e. The molecular weight excluding hydrogens is 380 g/mol. The molecule has 176 valence electrons.